The average Bonchev–Trinajstić information content (AvgIpc) is 3.38. The van der Waals surface area contributed by atoms with E-state index in [0.29, 0.717) is 16.5 Å². The van der Waals surface area contributed by atoms with Crippen LogP contribution in [0.4, 0.5) is 5.69 Å². The number of nitrogens with one attached hydrogen (secondary N) is 1. The van der Waals surface area contributed by atoms with Crippen LogP contribution >= 0.6 is 11.8 Å². The Labute approximate surface area is 182 Å². The molecule has 158 valence electrons. The van der Waals surface area contributed by atoms with Crippen molar-refractivity contribution in [2.45, 2.75) is 32.6 Å². The minimum atomic E-state index is -0.481. The third-order valence-electron chi connectivity index (χ3n) is 4.90. The van der Waals surface area contributed by atoms with Gasteiger partial charge in [-0.2, -0.15) is 15.1 Å². The molecule has 2 aliphatic rings. The number of nitro groups is 1. The minimum absolute atomic E-state index is 0.000972. The fraction of sp³-hybridized carbons (Fsp3) is 0.238. The largest absolute Gasteiger partial charge is 0.317 e. The number of non-ortho nitro benzene ring substituents is 1. The Bertz CT molecular complexity index is 1150. The first kappa shape index (κ1) is 20.7. The highest BCUT2D eigenvalue weighted by Gasteiger charge is 2.35. The van der Waals surface area contributed by atoms with Crippen molar-refractivity contribution in [3.8, 4) is 5.69 Å². The van der Waals surface area contributed by atoms with Crippen molar-refractivity contribution in [3.05, 3.63) is 64.0 Å². The van der Waals surface area contributed by atoms with Gasteiger partial charge in [0.25, 0.3) is 11.6 Å². The maximum atomic E-state index is 12.6. The highest BCUT2D eigenvalue weighted by atomic mass is 32.2. The molecule has 0 radical (unpaired) electrons. The summed E-state index contributed by atoms with van der Waals surface area (Å²) in [4.78, 5) is 27.2. The predicted octanol–water partition coefficient (Wildman–Crippen LogP) is 4.58. The molecule has 4 rings (SSSR count). The summed E-state index contributed by atoms with van der Waals surface area (Å²) in [5.41, 5.74) is 1.50. The van der Waals surface area contributed by atoms with Gasteiger partial charge < -0.3 is 4.57 Å². The van der Waals surface area contributed by atoms with Gasteiger partial charge in [0.05, 0.1) is 10.5 Å². The molecule has 31 heavy (non-hydrogen) atoms. The van der Waals surface area contributed by atoms with Gasteiger partial charge in [-0.1, -0.05) is 19.8 Å². The molecule has 9 nitrogen and oxygen atoms in total. The predicted molar refractivity (Wildman–Crippen MR) is 122 cm³/mol. The summed E-state index contributed by atoms with van der Waals surface area (Å²) in [5.74, 6) is -0.491. The average molecular weight is 436 g/mol. The number of carbonyl (C=O) groups is 1. The van der Waals surface area contributed by atoms with Gasteiger partial charge in [0.2, 0.25) is 5.17 Å². The molecule has 0 aliphatic carbocycles. The first-order valence-corrected chi connectivity index (χ1v) is 10.7. The molecular formula is C21H20N6O3S. The molecule has 0 bridgehead atoms. The molecular weight excluding hydrogens is 416 g/mol. The molecule has 1 amide bonds. The second-order valence-electron chi connectivity index (χ2n) is 7.05. The van der Waals surface area contributed by atoms with Crippen LogP contribution in [0.3, 0.4) is 0 Å². The van der Waals surface area contributed by atoms with E-state index < -0.39 is 10.8 Å². The van der Waals surface area contributed by atoms with Crippen LogP contribution in [0.2, 0.25) is 0 Å². The standard InChI is InChI=1S/C21H20N6O3S/c1-2-3-4-7-18-24-26-19(22)17(20(28)23-21(26)31-18)13-16-6-5-12-25(16)14-8-10-15(11-9-14)27(29)30/h5-6,8-13,22H,2-4,7H2,1H3/b17-13-,22-19?. The van der Waals surface area contributed by atoms with Crippen LogP contribution in [-0.2, 0) is 4.79 Å². The van der Waals surface area contributed by atoms with Gasteiger partial charge in [-0.3, -0.25) is 20.3 Å². The number of unbranched alkanes of at least 4 members (excludes halogenated alkanes) is 2. The fourth-order valence-corrected chi connectivity index (χ4v) is 4.22. The number of amidine groups is 2. The number of benzene rings is 1. The topological polar surface area (TPSA) is 117 Å². The summed E-state index contributed by atoms with van der Waals surface area (Å²) in [5, 5.41) is 26.6. The number of hydrogen-bond acceptors (Lipinski definition) is 6. The molecule has 0 fully saturated rings. The van der Waals surface area contributed by atoms with E-state index >= 15 is 0 Å². The molecule has 0 atom stereocenters. The number of hydrazone groups is 1. The van der Waals surface area contributed by atoms with E-state index in [1.807, 2.05) is 0 Å². The second-order valence-corrected chi connectivity index (χ2v) is 8.09. The summed E-state index contributed by atoms with van der Waals surface area (Å²) in [6, 6.07) is 9.71. The molecule has 0 saturated carbocycles. The molecule has 1 N–H and O–H groups in total. The fourth-order valence-electron chi connectivity index (χ4n) is 3.29. The summed E-state index contributed by atoms with van der Waals surface area (Å²) in [6.45, 7) is 2.13. The third kappa shape index (κ3) is 4.19. The van der Waals surface area contributed by atoms with Crippen molar-refractivity contribution >= 4 is 45.5 Å². The molecule has 1 aromatic carbocycles. The van der Waals surface area contributed by atoms with Crippen LogP contribution < -0.4 is 0 Å². The van der Waals surface area contributed by atoms with Crippen molar-refractivity contribution in [2.24, 2.45) is 10.1 Å². The zero-order valence-electron chi connectivity index (χ0n) is 16.8. The number of thioether (sulfide) groups is 1. The molecule has 10 heteroatoms. The Morgan fingerprint density at radius 3 is 2.71 bits per heavy atom. The van der Waals surface area contributed by atoms with Crippen LogP contribution in [0, 0.1) is 15.5 Å². The van der Waals surface area contributed by atoms with E-state index in [2.05, 4.69) is 17.0 Å². The van der Waals surface area contributed by atoms with Gasteiger partial charge in [0.15, 0.2) is 5.84 Å². The van der Waals surface area contributed by atoms with Gasteiger partial charge in [0.1, 0.15) is 5.04 Å². The summed E-state index contributed by atoms with van der Waals surface area (Å²) < 4.78 is 1.79. The number of hydrogen-bond donors (Lipinski definition) is 1. The lowest BCUT2D eigenvalue weighted by atomic mass is 10.1. The maximum Gasteiger partial charge on any atom is 0.283 e. The van der Waals surface area contributed by atoms with E-state index in [1.165, 1.54) is 28.9 Å². The second kappa shape index (κ2) is 8.68. The van der Waals surface area contributed by atoms with Crippen LogP contribution in [0.15, 0.2) is 58.3 Å². The molecule has 3 heterocycles. The van der Waals surface area contributed by atoms with Crippen molar-refractivity contribution in [1.82, 2.24) is 9.58 Å². The number of nitrogens with zero attached hydrogens (tertiary/aromatic N) is 5. The zero-order valence-corrected chi connectivity index (χ0v) is 17.6. The van der Waals surface area contributed by atoms with Crippen LogP contribution in [0.25, 0.3) is 11.8 Å². The Hall–Kier alpha value is -3.53. The molecule has 2 aliphatic heterocycles. The van der Waals surface area contributed by atoms with Gasteiger partial charge in [-0.25, -0.2) is 0 Å². The monoisotopic (exact) mass is 436 g/mol. The van der Waals surface area contributed by atoms with Crippen molar-refractivity contribution in [3.63, 3.8) is 0 Å². The van der Waals surface area contributed by atoms with Crippen molar-refractivity contribution < 1.29 is 9.72 Å². The van der Waals surface area contributed by atoms with E-state index in [4.69, 9.17) is 5.41 Å². The highest BCUT2D eigenvalue weighted by molar-refractivity contribution is 8.26. The Morgan fingerprint density at radius 2 is 2.00 bits per heavy atom. The normalized spacial score (nSPS) is 17.1. The number of aliphatic imine (C=N–C) groups is 1. The van der Waals surface area contributed by atoms with E-state index in [9.17, 15) is 14.9 Å². The van der Waals surface area contributed by atoms with E-state index in [-0.39, 0.29) is 17.1 Å². The number of rotatable bonds is 7. The van der Waals surface area contributed by atoms with Crippen molar-refractivity contribution in [2.75, 3.05) is 0 Å². The van der Waals surface area contributed by atoms with Gasteiger partial charge >= 0.3 is 0 Å². The molecule has 1 aromatic heterocycles. The zero-order chi connectivity index (χ0) is 22.0. The first-order chi connectivity index (χ1) is 15.0. The van der Waals surface area contributed by atoms with E-state index in [0.717, 1.165) is 30.7 Å². The Balaban J connectivity index is 1.61. The summed E-state index contributed by atoms with van der Waals surface area (Å²) in [7, 11) is 0. The number of amides is 1. The minimum Gasteiger partial charge on any atom is -0.317 e. The lowest BCUT2D eigenvalue weighted by molar-refractivity contribution is -0.384. The molecule has 0 unspecified atom stereocenters. The Morgan fingerprint density at radius 1 is 1.23 bits per heavy atom. The number of nitro benzene ring substituents is 1. The quantitative estimate of drug-likeness (QED) is 0.295. The SMILES string of the molecule is CCCCCC1=NN2C(=N)/C(=C/c3cccn3-c3ccc([N+](=O)[O-])cc3)C(=O)N=C2S1. The number of fused-ring (bicyclic) bond motifs is 1. The maximum absolute atomic E-state index is 12.6. The van der Waals surface area contributed by atoms with Crippen LogP contribution in [-0.4, -0.2) is 36.5 Å². The lowest BCUT2D eigenvalue weighted by Gasteiger charge is -2.20. The first-order valence-electron chi connectivity index (χ1n) is 9.89. The van der Waals surface area contributed by atoms with Gasteiger partial charge in [-0.05, 0) is 54.9 Å². The highest BCUT2D eigenvalue weighted by Crippen LogP contribution is 2.30. The summed E-state index contributed by atoms with van der Waals surface area (Å²) >= 11 is 1.34. The number of aromatic nitrogens is 1. The molecule has 2 aromatic rings. The molecule has 0 spiro atoms. The van der Waals surface area contributed by atoms with Gasteiger partial charge in [0, 0.05) is 29.7 Å². The smallest absolute Gasteiger partial charge is 0.283 e. The van der Waals surface area contributed by atoms with E-state index in [1.54, 1.807) is 41.1 Å². The number of carbonyl (C=O) groups excluding carboxylic acids is 1. The summed E-state index contributed by atoms with van der Waals surface area (Å²) in [6.07, 6.45) is 7.41. The third-order valence-corrected chi connectivity index (χ3v) is 5.87. The van der Waals surface area contributed by atoms with Crippen LogP contribution in [0.1, 0.15) is 38.3 Å². The van der Waals surface area contributed by atoms with Crippen molar-refractivity contribution in [1.29, 1.82) is 5.41 Å². The Kier molecular flexibility index (Phi) is 5.81. The lowest BCUT2D eigenvalue weighted by Crippen LogP contribution is -2.35. The molecule has 0 saturated heterocycles. The van der Waals surface area contributed by atoms with Crippen LogP contribution in [0.5, 0.6) is 0 Å². The van der Waals surface area contributed by atoms with Gasteiger partial charge in [-0.15, -0.1) is 0 Å².